The van der Waals surface area contributed by atoms with E-state index in [1.165, 1.54) is 12.1 Å². The van der Waals surface area contributed by atoms with E-state index in [2.05, 4.69) is 20.5 Å². The van der Waals surface area contributed by atoms with Crippen LogP contribution in [0.15, 0.2) is 30.5 Å². The summed E-state index contributed by atoms with van der Waals surface area (Å²) in [5.41, 5.74) is 2.02. The predicted molar refractivity (Wildman–Crippen MR) is 91.8 cm³/mol. The molecule has 2 aromatic rings. The van der Waals surface area contributed by atoms with Gasteiger partial charge in [-0.3, -0.25) is 9.69 Å². The van der Waals surface area contributed by atoms with Gasteiger partial charge in [-0.15, -0.1) is 5.10 Å². The molecule has 2 aliphatic heterocycles. The Labute approximate surface area is 151 Å². The monoisotopic (exact) mass is 359 g/mol. The van der Waals surface area contributed by atoms with Crippen LogP contribution in [0, 0.1) is 5.82 Å². The third kappa shape index (κ3) is 3.76. The zero-order chi connectivity index (χ0) is 17.9. The molecule has 138 valence electrons. The van der Waals surface area contributed by atoms with Crippen molar-refractivity contribution in [2.24, 2.45) is 0 Å². The quantitative estimate of drug-likeness (QED) is 0.860. The number of nitrogens with one attached hydrogen (secondary N) is 1. The molecule has 1 fully saturated rings. The van der Waals surface area contributed by atoms with Crippen LogP contribution in [0.25, 0.3) is 0 Å². The Kier molecular flexibility index (Phi) is 4.94. The molecule has 0 bridgehead atoms. The van der Waals surface area contributed by atoms with Gasteiger partial charge in [0, 0.05) is 19.6 Å². The van der Waals surface area contributed by atoms with Gasteiger partial charge in [0.15, 0.2) is 0 Å². The van der Waals surface area contributed by atoms with Crippen LogP contribution in [-0.2, 0) is 22.6 Å². The number of aromatic nitrogens is 3. The van der Waals surface area contributed by atoms with Crippen molar-refractivity contribution in [1.29, 1.82) is 0 Å². The first-order valence-corrected chi connectivity index (χ1v) is 8.93. The Morgan fingerprint density at radius 3 is 3.04 bits per heavy atom. The number of carbonyl (C=O) groups is 1. The molecule has 0 saturated carbocycles. The number of hydrogen-bond donors (Lipinski definition) is 1. The maximum Gasteiger partial charge on any atom is 0.234 e. The van der Waals surface area contributed by atoms with Crippen LogP contribution < -0.4 is 5.32 Å². The number of fused-ring (bicyclic) bond motifs is 3. The van der Waals surface area contributed by atoms with E-state index >= 15 is 0 Å². The maximum atomic E-state index is 12.9. The van der Waals surface area contributed by atoms with Crippen molar-refractivity contribution in [2.45, 2.75) is 31.6 Å². The standard InChI is InChI=1S/C18H22FN5O2/c19-14-3-1-13(2-4-14)5-7-20-18(25)11-23-8-6-16-17(10-23)26-12-15-9-21-22-24(15)16/h1-4,9,16-17H,5-8,10-12H2,(H,20,25)/t16-,17-/m0/s1. The summed E-state index contributed by atoms with van der Waals surface area (Å²) in [5.74, 6) is -0.244. The summed E-state index contributed by atoms with van der Waals surface area (Å²) < 4.78 is 20.8. The highest BCUT2D eigenvalue weighted by Gasteiger charge is 2.36. The molecule has 4 rings (SSSR count). The Balaban J connectivity index is 1.22. The smallest absolute Gasteiger partial charge is 0.234 e. The highest BCUT2D eigenvalue weighted by atomic mass is 19.1. The van der Waals surface area contributed by atoms with Crippen molar-refractivity contribution in [2.75, 3.05) is 26.2 Å². The molecule has 3 heterocycles. The van der Waals surface area contributed by atoms with Crippen LogP contribution in [-0.4, -0.2) is 58.1 Å². The van der Waals surface area contributed by atoms with Gasteiger partial charge in [-0.05, 0) is 30.5 Å². The summed E-state index contributed by atoms with van der Waals surface area (Å²) in [7, 11) is 0. The molecule has 2 atom stereocenters. The van der Waals surface area contributed by atoms with E-state index in [-0.39, 0.29) is 23.9 Å². The summed E-state index contributed by atoms with van der Waals surface area (Å²) in [4.78, 5) is 14.3. The lowest BCUT2D eigenvalue weighted by atomic mass is 10.0. The average Bonchev–Trinajstić information content (AvgIpc) is 3.12. The molecular formula is C18H22FN5O2. The largest absolute Gasteiger partial charge is 0.368 e. The van der Waals surface area contributed by atoms with Crippen molar-refractivity contribution >= 4 is 5.91 Å². The Hall–Kier alpha value is -2.32. The van der Waals surface area contributed by atoms with Crippen LogP contribution in [0.5, 0.6) is 0 Å². The first kappa shape index (κ1) is 17.1. The van der Waals surface area contributed by atoms with E-state index in [9.17, 15) is 9.18 Å². The lowest BCUT2D eigenvalue weighted by molar-refractivity contribution is -0.124. The summed E-state index contributed by atoms with van der Waals surface area (Å²) >= 11 is 0. The number of benzene rings is 1. The number of piperidine rings is 1. The van der Waals surface area contributed by atoms with E-state index in [1.807, 2.05) is 4.68 Å². The molecular weight excluding hydrogens is 337 g/mol. The van der Waals surface area contributed by atoms with Gasteiger partial charge in [0.1, 0.15) is 5.82 Å². The zero-order valence-electron chi connectivity index (χ0n) is 14.5. The first-order valence-electron chi connectivity index (χ1n) is 8.93. The van der Waals surface area contributed by atoms with E-state index < -0.39 is 0 Å². The molecule has 26 heavy (non-hydrogen) atoms. The van der Waals surface area contributed by atoms with E-state index in [1.54, 1.807) is 18.3 Å². The van der Waals surface area contributed by atoms with Crippen molar-refractivity contribution in [3.63, 3.8) is 0 Å². The fourth-order valence-electron chi connectivity index (χ4n) is 3.65. The fourth-order valence-corrected chi connectivity index (χ4v) is 3.65. The van der Waals surface area contributed by atoms with E-state index in [0.29, 0.717) is 26.1 Å². The number of halogens is 1. The van der Waals surface area contributed by atoms with Gasteiger partial charge in [-0.1, -0.05) is 17.3 Å². The fraction of sp³-hybridized carbons (Fsp3) is 0.500. The minimum absolute atomic E-state index is 0.00261. The number of nitrogens with zero attached hydrogens (tertiary/aromatic N) is 4. The molecule has 1 amide bonds. The van der Waals surface area contributed by atoms with Crippen LogP contribution in [0.2, 0.25) is 0 Å². The Morgan fingerprint density at radius 2 is 2.19 bits per heavy atom. The first-order chi connectivity index (χ1) is 12.7. The number of carbonyl (C=O) groups excluding carboxylic acids is 1. The number of ether oxygens (including phenoxy) is 1. The topological polar surface area (TPSA) is 72.3 Å². The van der Waals surface area contributed by atoms with Crippen molar-refractivity contribution < 1.29 is 13.9 Å². The number of amides is 1. The highest BCUT2D eigenvalue weighted by molar-refractivity contribution is 5.78. The molecule has 2 aliphatic rings. The Bertz CT molecular complexity index is 763. The second kappa shape index (κ2) is 7.51. The summed E-state index contributed by atoms with van der Waals surface area (Å²) in [6, 6.07) is 6.56. The van der Waals surface area contributed by atoms with E-state index in [4.69, 9.17) is 4.74 Å². The van der Waals surface area contributed by atoms with Gasteiger partial charge in [-0.25, -0.2) is 9.07 Å². The van der Waals surface area contributed by atoms with E-state index in [0.717, 1.165) is 30.8 Å². The molecule has 0 radical (unpaired) electrons. The van der Waals surface area contributed by atoms with Crippen molar-refractivity contribution in [3.05, 3.63) is 47.5 Å². The lowest BCUT2D eigenvalue weighted by Crippen LogP contribution is -2.51. The lowest BCUT2D eigenvalue weighted by Gasteiger charge is -2.40. The molecule has 0 unspecified atom stereocenters. The zero-order valence-corrected chi connectivity index (χ0v) is 14.5. The number of likely N-dealkylation sites (tertiary alicyclic amines) is 1. The maximum absolute atomic E-state index is 12.9. The SMILES string of the molecule is O=C(CN1CC[C@H]2[C@H](C1)OCc1cnnn12)NCCc1ccc(F)cc1. The molecule has 1 aromatic carbocycles. The van der Waals surface area contributed by atoms with Gasteiger partial charge >= 0.3 is 0 Å². The van der Waals surface area contributed by atoms with Crippen LogP contribution in [0.1, 0.15) is 23.7 Å². The van der Waals surface area contributed by atoms with Gasteiger partial charge in [-0.2, -0.15) is 0 Å². The molecule has 0 aliphatic carbocycles. The van der Waals surface area contributed by atoms with Gasteiger partial charge in [0.2, 0.25) is 5.91 Å². The predicted octanol–water partition coefficient (Wildman–Crippen LogP) is 0.922. The van der Waals surface area contributed by atoms with Crippen LogP contribution in [0.3, 0.4) is 0 Å². The third-order valence-electron chi connectivity index (χ3n) is 5.03. The molecule has 7 nitrogen and oxygen atoms in total. The van der Waals surface area contributed by atoms with Crippen molar-refractivity contribution in [3.8, 4) is 0 Å². The second-order valence-electron chi connectivity index (χ2n) is 6.84. The van der Waals surface area contributed by atoms with Gasteiger partial charge < -0.3 is 10.1 Å². The van der Waals surface area contributed by atoms with Gasteiger partial charge in [0.05, 0.1) is 37.2 Å². The van der Waals surface area contributed by atoms with Crippen LogP contribution >= 0.6 is 0 Å². The third-order valence-corrected chi connectivity index (χ3v) is 5.03. The summed E-state index contributed by atoms with van der Waals surface area (Å²) in [5, 5.41) is 11.1. The molecule has 1 aromatic heterocycles. The molecule has 1 N–H and O–H groups in total. The minimum Gasteiger partial charge on any atom is -0.368 e. The van der Waals surface area contributed by atoms with Crippen LogP contribution in [0.4, 0.5) is 4.39 Å². The minimum atomic E-state index is -0.246. The molecule has 8 heteroatoms. The number of hydrogen-bond acceptors (Lipinski definition) is 5. The van der Waals surface area contributed by atoms with Crippen molar-refractivity contribution in [1.82, 2.24) is 25.2 Å². The van der Waals surface area contributed by atoms with Gasteiger partial charge in [0.25, 0.3) is 0 Å². The summed E-state index contributed by atoms with van der Waals surface area (Å²) in [6.45, 7) is 2.97. The second-order valence-corrected chi connectivity index (χ2v) is 6.84. The molecule has 1 saturated heterocycles. The average molecular weight is 359 g/mol. The Morgan fingerprint density at radius 1 is 1.35 bits per heavy atom. The number of rotatable bonds is 5. The normalized spacial score (nSPS) is 22.5. The summed E-state index contributed by atoms with van der Waals surface area (Å²) in [6.07, 6.45) is 3.38. The molecule has 0 spiro atoms. The highest BCUT2D eigenvalue weighted by Crippen LogP contribution is 2.30.